The van der Waals surface area contributed by atoms with Crippen LogP contribution >= 0.6 is 0 Å². The fourth-order valence-electron chi connectivity index (χ4n) is 1.47. The molecule has 1 aliphatic rings. The number of rotatable bonds is 2. The summed E-state index contributed by atoms with van der Waals surface area (Å²) < 4.78 is 0. The van der Waals surface area contributed by atoms with Crippen LogP contribution in [-0.2, 0) is 0 Å². The van der Waals surface area contributed by atoms with E-state index in [2.05, 4.69) is 17.3 Å². The minimum Gasteiger partial charge on any atom is -0.318 e. The molecule has 1 saturated heterocycles. The minimum atomic E-state index is 0.801. The maximum atomic E-state index is 3.20. The molecule has 1 N–H and O–H groups in total. The average Bonchev–Trinajstić information content (AvgIpc) is 2.18. The van der Waals surface area contributed by atoms with E-state index in [4.69, 9.17) is 0 Å². The van der Waals surface area contributed by atoms with Gasteiger partial charge >= 0.3 is 0 Å². The van der Waals surface area contributed by atoms with Crippen molar-refractivity contribution < 1.29 is 0 Å². The Bertz CT molecular complexity index is 83.0. The Balaban J connectivity index is 2.22. The Morgan fingerprint density at radius 2 is 2.44 bits per heavy atom. The number of hydrogen-bond acceptors (Lipinski definition) is 2. The van der Waals surface area contributed by atoms with E-state index >= 15 is 0 Å². The van der Waals surface area contributed by atoms with Crippen molar-refractivity contribution in [3.63, 3.8) is 0 Å². The molecule has 1 heterocycles. The first-order chi connectivity index (χ1) is 4.34. The third-order valence-electron chi connectivity index (χ3n) is 2.11. The van der Waals surface area contributed by atoms with Crippen molar-refractivity contribution in [3.05, 3.63) is 0 Å². The molecule has 0 unspecified atom stereocenters. The molecule has 0 saturated carbocycles. The van der Waals surface area contributed by atoms with E-state index in [9.17, 15) is 0 Å². The molecule has 0 radical (unpaired) electrons. The zero-order valence-electron chi connectivity index (χ0n) is 6.35. The zero-order chi connectivity index (χ0) is 6.69. The highest BCUT2D eigenvalue weighted by Gasteiger charge is 2.18. The van der Waals surface area contributed by atoms with Gasteiger partial charge in [-0.3, -0.25) is 0 Å². The van der Waals surface area contributed by atoms with Crippen molar-refractivity contribution in [2.24, 2.45) is 0 Å². The van der Waals surface area contributed by atoms with Crippen LogP contribution in [-0.4, -0.2) is 38.1 Å². The summed E-state index contributed by atoms with van der Waals surface area (Å²) in [5.41, 5.74) is 0. The summed E-state index contributed by atoms with van der Waals surface area (Å²) in [5.74, 6) is 0. The van der Waals surface area contributed by atoms with Crippen LogP contribution in [0.3, 0.4) is 0 Å². The van der Waals surface area contributed by atoms with Gasteiger partial charge < -0.3 is 10.2 Å². The Morgan fingerprint density at radius 1 is 1.67 bits per heavy atom. The van der Waals surface area contributed by atoms with Gasteiger partial charge in [0, 0.05) is 12.6 Å². The quantitative estimate of drug-likeness (QED) is 0.575. The molecular weight excluding hydrogens is 112 g/mol. The standard InChI is InChI=1S/C7H16N2/c1-8-6-7-4-3-5-9(7)2/h7-8H,3-6H2,1-2H3/t7-/m1/s1. The second kappa shape index (κ2) is 3.18. The van der Waals surface area contributed by atoms with Crippen molar-refractivity contribution in [2.75, 3.05) is 27.2 Å². The highest BCUT2D eigenvalue weighted by Crippen LogP contribution is 2.12. The lowest BCUT2D eigenvalue weighted by atomic mass is 10.2. The highest BCUT2D eigenvalue weighted by molar-refractivity contribution is 4.77. The van der Waals surface area contributed by atoms with Gasteiger partial charge in [-0.1, -0.05) is 0 Å². The van der Waals surface area contributed by atoms with Crippen LogP contribution in [0, 0.1) is 0 Å². The van der Waals surface area contributed by atoms with Crippen LogP contribution in [0.4, 0.5) is 0 Å². The third kappa shape index (κ3) is 1.66. The van der Waals surface area contributed by atoms with Gasteiger partial charge in [0.1, 0.15) is 0 Å². The molecule has 0 bridgehead atoms. The maximum absolute atomic E-state index is 3.20. The van der Waals surface area contributed by atoms with E-state index in [0.717, 1.165) is 12.6 Å². The Hall–Kier alpha value is -0.0800. The van der Waals surface area contributed by atoms with Crippen LogP contribution in [0.5, 0.6) is 0 Å². The largest absolute Gasteiger partial charge is 0.318 e. The summed E-state index contributed by atoms with van der Waals surface area (Å²) in [4.78, 5) is 2.43. The maximum Gasteiger partial charge on any atom is 0.0217 e. The second-order valence-electron chi connectivity index (χ2n) is 2.83. The lowest BCUT2D eigenvalue weighted by Crippen LogP contribution is -2.33. The van der Waals surface area contributed by atoms with E-state index in [-0.39, 0.29) is 0 Å². The Morgan fingerprint density at radius 3 is 2.89 bits per heavy atom. The lowest BCUT2D eigenvalue weighted by Gasteiger charge is -2.18. The molecule has 54 valence electrons. The summed E-state index contributed by atoms with van der Waals surface area (Å²) in [6, 6.07) is 0.801. The first-order valence-corrected chi connectivity index (χ1v) is 3.69. The molecule has 2 heteroatoms. The van der Waals surface area contributed by atoms with E-state index in [1.54, 1.807) is 0 Å². The first-order valence-electron chi connectivity index (χ1n) is 3.69. The van der Waals surface area contributed by atoms with Crippen LogP contribution < -0.4 is 5.32 Å². The van der Waals surface area contributed by atoms with Crippen molar-refractivity contribution in [2.45, 2.75) is 18.9 Å². The van der Waals surface area contributed by atoms with Crippen molar-refractivity contribution >= 4 is 0 Å². The molecule has 1 aliphatic heterocycles. The zero-order valence-corrected chi connectivity index (χ0v) is 6.35. The number of likely N-dealkylation sites (tertiary alicyclic amines) is 1. The fourth-order valence-corrected chi connectivity index (χ4v) is 1.47. The predicted molar refractivity (Wildman–Crippen MR) is 39.6 cm³/mol. The number of nitrogens with one attached hydrogen (secondary N) is 1. The number of nitrogens with zero attached hydrogens (tertiary/aromatic N) is 1. The summed E-state index contributed by atoms with van der Waals surface area (Å²) in [6.07, 6.45) is 2.75. The molecule has 1 rings (SSSR count). The molecule has 2 nitrogen and oxygen atoms in total. The molecule has 0 aromatic rings. The summed E-state index contributed by atoms with van der Waals surface area (Å²) in [6.45, 7) is 2.43. The van der Waals surface area contributed by atoms with Crippen LogP contribution in [0.1, 0.15) is 12.8 Å². The first kappa shape index (κ1) is 7.03. The van der Waals surface area contributed by atoms with Gasteiger partial charge in [0.15, 0.2) is 0 Å². The molecule has 0 spiro atoms. The average molecular weight is 128 g/mol. The van der Waals surface area contributed by atoms with E-state index < -0.39 is 0 Å². The third-order valence-corrected chi connectivity index (χ3v) is 2.11. The molecule has 0 aromatic carbocycles. The second-order valence-corrected chi connectivity index (χ2v) is 2.83. The molecule has 1 fully saturated rings. The summed E-state index contributed by atoms with van der Waals surface area (Å²) in [7, 11) is 4.22. The minimum absolute atomic E-state index is 0.801. The van der Waals surface area contributed by atoms with Gasteiger partial charge in [-0.15, -0.1) is 0 Å². The smallest absolute Gasteiger partial charge is 0.0217 e. The normalized spacial score (nSPS) is 29.3. The Kier molecular flexibility index (Phi) is 2.49. The van der Waals surface area contributed by atoms with E-state index in [1.165, 1.54) is 19.4 Å². The van der Waals surface area contributed by atoms with E-state index in [1.807, 2.05) is 7.05 Å². The van der Waals surface area contributed by atoms with Gasteiger partial charge in [-0.25, -0.2) is 0 Å². The van der Waals surface area contributed by atoms with Crippen molar-refractivity contribution in [1.82, 2.24) is 10.2 Å². The SMILES string of the molecule is CNC[C@H]1CCCN1C. The van der Waals surface area contributed by atoms with Crippen LogP contribution in [0.15, 0.2) is 0 Å². The summed E-state index contributed by atoms with van der Waals surface area (Å²) in [5, 5.41) is 3.20. The number of hydrogen-bond donors (Lipinski definition) is 1. The Labute approximate surface area is 57.2 Å². The van der Waals surface area contributed by atoms with Gasteiger partial charge in [0.05, 0.1) is 0 Å². The predicted octanol–water partition coefficient (Wildman–Crippen LogP) is 0.300. The van der Waals surface area contributed by atoms with Gasteiger partial charge in [-0.2, -0.15) is 0 Å². The molecular formula is C7H16N2. The highest BCUT2D eigenvalue weighted by atomic mass is 15.2. The molecule has 0 aliphatic carbocycles. The van der Waals surface area contributed by atoms with Gasteiger partial charge in [0.25, 0.3) is 0 Å². The van der Waals surface area contributed by atoms with Gasteiger partial charge in [-0.05, 0) is 33.5 Å². The summed E-state index contributed by atoms with van der Waals surface area (Å²) >= 11 is 0. The fraction of sp³-hybridized carbons (Fsp3) is 1.00. The topological polar surface area (TPSA) is 15.3 Å². The number of likely N-dealkylation sites (N-methyl/N-ethyl adjacent to an activating group) is 2. The van der Waals surface area contributed by atoms with Gasteiger partial charge in [0.2, 0.25) is 0 Å². The van der Waals surface area contributed by atoms with Crippen molar-refractivity contribution in [1.29, 1.82) is 0 Å². The monoisotopic (exact) mass is 128 g/mol. The van der Waals surface area contributed by atoms with E-state index in [0.29, 0.717) is 0 Å². The van der Waals surface area contributed by atoms with Crippen LogP contribution in [0.2, 0.25) is 0 Å². The molecule has 1 atom stereocenters. The molecule has 9 heavy (non-hydrogen) atoms. The molecule has 0 amide bonds. The van der Waals surface area contributed by atoms with Crippen molar-refractivity contribution in [3.8, 4) is 0 Å². The lowest BCUT2D eigenvalue weighted by molar-refractivity contribution is 0.305. The van der Waals surface area contributed by atoms with Crippen LogP contribution in [0.25, 0.3) is 0 Å². The molecule has 0 aromatic heterocycles.